The Morgan fingerprint density at radius 1 is 0.941 bits per heavy atom. The molecule has 1 aliphatic carbocycles. The summed E-state index contributed by atoms with van der Waals surface area (Å²) >= 11 is 1.70. The maximum absolute atomic E-state index is 15.1. The average Bonchev–Trinajstić information content (AvgIpc) is 2.83. The van der Waals surface area contributed by atoms with Gasteiger partial charge in [0.2, 0.25) is 0 Å². The topological polar surface area (TPSA) is 0 Å². The molecule has 0 aliphatic heterocycles. The average molecular weight is 471 g/mol. The Bertz CT molecular complexity index is 1310. The van der Waals surface area contributed by atoms with Crippen molar-refractivity contribution in [3.63, 3.8) is 0 Å². The zero-order valence-electron chi connectivity index (χ0n) is 19.9. The largest absolute Gasteiger partial charge is 0.206 e. The van der Waals surface area contributed by atoms with E-state index >= 15 is 4.39 Å². The molecule has 0 fully saturated rings. The molecule has 0 aromatic heterocycles. The van der Waals surface area contributed by atoms with Gasteiger partial charge in [-0.2, -0.15) is 0 Å². The smallest absolute Gasteiger partial charge is 0.145 e. The second kappa shape index (κ2) is 10.9. The second-order valence-electron chi connectivity index (χ2n) is 8.84. The minimum atomic E-state index is -0.562. The second-order valence-corrected chi connectivity index (χ2v) is 9.72. The van der Waals surface area contributed by atoms with Crippen molar-refractivity contribution in [2.75, 3.05) is 6.26 Å². The Morgan fingerprint density at radius 2 is 1.68 bits per heavy atom. The predicted octanol–water partition coefficient (Wildman–Crippen LogP) is 7.70. The Balaban J connectivity index is 1.55. The molecule has 0 saturated heterocycles. The Hall–Kier alpha value is -3.01. The highest BCUT2D eigenvalue weighted by Crippen LogP contribution is 2.32. The first-order chi connectivity index (χ1) is 16.5. The molecule has 0 saturated carbocycles. The third-order valence-electron chi connectivity index (χ3n) is 6.41. The van der Waals surface area contributed by atoms with Crippen molar-refractivity contribution < 1.29 is 8.78 Å². The highest BCUT2D eigenvalue weighted by atomic mass is 32.2. The summed E-state index contributed by atoms with van der Waals surface area (Å²) in [6, 6.07) is 15.3. The molecule has 1 unspecified atom stereocenters. The maximum Gasteiger partial charge on any atom is 0.145 e. The summed E-state index contributed by atoms with van der Waals surface area (Å²) in [4.78, 5) is 1.21. The summed E-state index contributed by atoms with van der Waals surface area (Å²) in [6.45, 7) is 4.12. The van der Waals surface area contributed by atoms with Gasteiger partial charge in [-0.1, -0.05) is 43.4 Å². The summed E-state index contributed by atoms with van der Waals surface area (Å²) in [7, 11) is 0. The number of thioether (sulfide) groups is 1. The van der Waals surface area contributed by atoms with Gasteiger partial charge in [-0.25, -0.2) is 8.78 Å². The van der Waals surface area contributed by atoms with Gasteiger partial charge in [0.05, 0.1) is 5.56 Å². The number of benzene rings is 3. The molecule has 0 heterocycles. The van der Waals surface area contributed by atoms with Gasteiger partial charge in [-0.15, -0.1) is 11.8 Å². The number of hydrogen-bond donors (Lipinski definition) is 0. The zero-order chi connectivity index (χ0) is 24.1. The van der Waals surface area contributed by atoms with Crippen molar-refractivity contribution in [2.45, 2.75) is 50.8 Å². The number of rotatable bonds is 3. The van der Waals surface area contributed by atoms with Gasteiger partial charge >= 0.3 is 0 Å². The summed E-state index contributed by atoms with van der Waals surface area (Å²) in [5, 5.41) is 0. The first kappa shape index (κ1) is 24.1. The van der Waals surface area contributed by atoms with Gasteiger partial charge in [-0.3, -0.25) is 0 Å². The SMILES string of the molecule is CCCC1CCc2c(cc(F)c(C#Cc3ccc(C#Cc4ccc(SC)cc4)c(C)c3)c2F)C1. The lowest BCUT2D eigenvalue weighted by atomic mass is 9.81. The molecule has 0 N–H and O–H groups in total. The van der Waals surface area contributed by atoms with Crippen molar-refractivity contribution in [3.8, 4) is 23.7 Å². The predicted molar refractivity (Wildman–Crippen MR) is 138 cm³/mol. The lowest BCUT2D eigenvalue weighted by molar-refractivity contribution is 0.411. The molecule has 172 valence electrons. The van der Waals surface area contributed by atoms with Crippen LogP contribution in [0, 0.1) is 48.2 Å². The van der Waals surface area contributed by atoms with Crippen LogP contribution in [0.2, 0.25) is 0 Å². The van der Waals surface area contributed by atoms with Gasteiger partial charge < -0.3 is 0 Å². The van der Waals surface area contributed by atoms with Crippen molar-refractivity contribution in [1.82, 2.24) is 0 Å². The van der Waals surface area contributed by atoms with E-state index in [1.807, 2.05) is 43.5 Å². The van der Waals surface area contributed by atoms with Crippen LogP contribution < -0.4 is 0 Å². The van der Waals surface area contributed by atoms with Crippen LogP contribution in [0.25, 0.3) is 0 Å². The fourth-order valence-corrected chi connectivity index (χ4v) is 4.93. The van der Waals surface area contributed by atoms with Crippen molar-refractivity contribution >= 4 is 11.8 Å². The van der Waals surface area contributed by atoms with E-state index in [0.717, 1.165) is 47.9 Å². The fourth-order valence-electron chi connectivity index (χ4n) is 4.52. The standard InChI is InChI=1S/C31H28F2S/c1-4-5-23-10-16-28-26(19-23)20-30(32)29(31(28)33)17-11-24-7-13-25(21(2)18-24)12-6-22-8-14-27(34-3)15-9-22/h7-9,13-15,18,20,23H,4-5,10,16,19H2,1-3H3. The van der Waals surface area contributed by atoms with Crippen molar-refractivity contribution in [2.24, 2.45) is 5.92 Å². The highest BCUT2D eigenvalue weighted by Gasteiger charge is 2.24. The molecule has 0 radical (unpaired) electrons. The van der Waals surface area contributed by atoms with E-state index in [1.165, 1.54) is 11.0 Å². The van der Waals surface area contributed by atoms with Gasteiger partial charge in [0.25, 0.3) is 0 Å². The van der Waals surface area contributed by atoms with Gasteiger partial charge in [-0.05, 0) is 104 Å². The lowest BCUT2D eigenvalue weighted by Gasteiger charge is -2.25. The van der Waals surface area contributed by atoms with E-state index in [1.54, 1.807) is 11.8 Å². The van der Waals surface area contributed by atoms with Gasteiger partial charge in [0.15, 0.2) is 0 Å². The zero-order valence-corrected chi connectivity index (χ0v) is 20.7. The van der Waals surface area contributed by atoms with Crippen LogP contribution in [-0.4, -0.2) is 6.26 Å². The van der Waals surface area contributed by atoms with Gasteiger partial charge in [0.1, 0.15) is 11.6 Å². The van der Waals surface area contributed by atoms with E-state index in [4.69, 9.17) is 0 Å². The van der Waals surface area contributed by atoms with Crippen LogP contribution in [0.5, 0.6) is 0 Å². The molecule has 3 heteroatoms. The molecule has 3 aromatic carbocycles. The molecule has 4 rings (SSSR count). The van der Waals surface area contributed by atoms with Crippen LogP contribution >= 0.6 is 11.8 Å². The quantitative estimate of drug-likeness (QED) is 0.279. The molecule has 0 amide bonds. The highest BCUT2D eigenvalue weighted by molar-refractivity contribution is 7.98. The minimum Gasteiger partial charge on any atom is -0.206 e. The summed E-state index contributed by atoms with van der Waals surface area (Å²) < 4.78 is 29.9. The van der Waals surface area contributed by atoms with Crippen LogP contribution in [0.1, 0.15) is 65.1 Å². The van der Waals surface area contributed by atoms with Gasteiger partial charge in [0, 0.05) is 21.6 Å². The third kappa shape index (κ3) is 5.55. The lowest BCUT2D eigenvalue weighted by Crippen LogP contribution is -2.17. The summed E-state index contributed by atoms with van der Waals surface area (Å²) in [5.41, 5.74) is 4.90. The summed E-state index contributed by atoms with van der Waals surface area (Å²) in [6.07, 6.45) is 6.63. The van der Waals surface area contributed by atoms with Crippen LogP contribution in [0.15, 0.2) is 53.4 Å². The molecular weight excluding hydrogens is 442 g/mol. The normalized spacial score (nSPS) is 14.4. The number of halogens is 2. The molecule has 1 atom stereocenters. The first-order valence-corrected chi connectivity index (χ1v) is 13.0. The molecule has 1 aliphatic rings. The van der Waals surface area contributed by atoms with Crippen LogP contribution in [0.4, 0.5) is 8.78 Å². The minimum absolute atomic E-state index is 0.122. The van der Waals surface area contributed by atoms with E-state index in [-0.39, 0.29) is 5.56 Å². The Morgan fingerprint density at radius 3 is 2.38 bits per heavy atom. The van der Waals surface area contributed by atoms with Crippen LogP contribution in [0.3, 0.4) is 0 Å². The summed E-state index contributed by atoms with van der Waals surface area (Å²) in [5.74, 6) is 11.6. The maximum atomic E-state index is 15.1. The molecule has 0 bridgehead atoms. The van der Waals surface area contributed by atoms with E-state index in [9.17, 15) is 4.39 Å². The van der Waals surface area contributed by atoms with E-state index < -0.39 is 11.6 Å². The molecule has 3 aromatic rings. The fraction of sp³-hybridized carbons (Fsp3) is 0.290. The number of fused-ring (bicyclic) bond motifs is 1. The van der Waals surface area contributed by atoms with Crippen molar-refractivity contribution in [3.05, 3.63) is 99.1 Å². The van der Waals surface area contributed by atoms with Crippen LogP contribution in [-0.2, 0) is 12.8 Å². The van der Waals surface area contributed by atoms with E-state index in [2.05, 4.69) is 42.7 Å². The van der Waals surface area contributed by atoms with E-state index in [0.29, 0.717) is 23.5 Å². The molecule has 34 heavy (non-hydrogen) atoms. The Labute approximate surface area is 206 Å². The van der Waals surface area contributed by atoms with Crippen molar-refractivity contribution in [1.29, 1.82) is 0 Å². The number of aryl methyl sites for hydroxylation is 1. The Kier molecular flexibility index (Phi) is 7.77. The number of hydrogen-bond acceptors (Lipinski definition) is 1. The third-order valence-corrected chi connectivity index (χ3v) is 7.15. The first-order valence-electron chi connectivity index (χ1n) is 11.8. The molecule has 0 spiro atoms. The monoisotopic (exact) mass is 470 g/mol. The molecule has 0 nitrogen and oxygen atoms in total. The molecular formula is C31H28F2S.